The van der Waals surface area contributed by atoms with Crippen molar-refractivity contribution in [2.45, 2.75) is 18.9 Å². The third-order valence-corrected chi connectivity index (χ3v) is 5.02. The molecular formula is C24H27N5O. The van der Waals surface area contributed by atoms with Gasteiger partial charge < -0.3 is 15.4 Å². The minimum atomic E-state index is 0.385. The van der Waals surface area contributed by atoms with E-state index >= 15 is 0 Å². The van der Waals surface area contributed by atoms with Gasteiger partial charge in [0.15, 0.2) is 0 Å². The van der Waals surface area contributed by atoms with Crippen LogP contribution in [-0.4, -0.2) is 40.5 Å². The molecule has 0 bridgehead atoms. The highest BCUT2D eigenvalue weighted by atomic mass is 16.5. The number of rotatable bonds is 8. The second-order valence-electron chi connectivity index (χ2n) is 7.38. The molecule has 1 fully saturated rings. The lowest BCUT2D eigenvalue weighted by Gasteiger charge is -2.32. The Labute approximate surface area is 177 Å². The van der Waals surface area contributed by atoms with E-state index in [1.165, 1.54) is 6.42 Å². The molecule has 2 heterocycles. The summed E-state index contributed by atoms with van der Waals surface area (Å²) in [5.41, 5.74) is 0.940. The lowest BCUT2D eigenvalue weighted by molar-refractivity contribution is 0.237. The normalized spacial score (nSPS) is 16.6. The number of benzene rings is 2. The van der Waals surface area contributed by atoms with Gasteiger partial charge >= 0.3 is 0 Å². The van der Waals surface area contributed by atoms with E-state index in [0.717, 1.165) is 54.9 Å². The monoisotopic (exact) mass is 401 g/mol. The minimum Gasteiger partial charge on any atom is -0.457 e. The molecule has 1 aromatic heterocycles. The maximum Gasteiger partial charge on any atom is 0.135 e. The molecule has 6 heteroatoms. The number of piperidine rings is 1. The average Bonchev–Trinajstić information content (AvgIpc) is 2.77. The fourth-order valence-electron chi connectivity index (χ4n) is 3.61. The van der Waals surface area contributed by atoms with Gasteiger partial charge in [-0.1, -0.05) is 24.3 Å². The van der Waals surface area contributed by atoms with E-state index in [1.54, 1.807) is 6.33 Å². The van der Waals surface area contributed by atoms with Crippen LogP contribution < -0.4 is 15.4 Å². The smallest absolute Gasteiger partial charge is 0.135 e. The quantitative estimate of drug-likeness (QED) is 0.514. The number of nitrogens with zero attached hydrogens (tertiary/aromatic N) is 3. The van der Waals surface area contributed by atoms with Crippen LogP contribution in [0.15, 0.2) is 79.6 Å². The largest absolute Gasteiger partial charge is 0.457 e. The zero-order valence-electron chi connectivity index (χ0n) is 17.0. The van der Waals surface area contributed by atoms with Crippen molar-refractivity contribution in [3.63, 3.8) is 0 Å². The van der Waals surface area contributed by atoms with E-state index in [0.29, 0.717) is 6.04 Å². The lowest BCUT2D eigenvalue weighted by atomic mass is 10.1. The summed E-state index contributed by atoms with van der Waals surface area (Å²) in [7, 11) is 0. The number of hydrogen-bond acceptors (Lipinski definition) is 6. The maximum atomic E-state index is 5.84. The van der Waals surface area contributed by atoms with Crippen LogP contribution in [0.4, 0.5) is 17.3 Å². The molecule has 3 aromatic rings. The van der Waals surface area contributed by atoms with Crippen LogP contribution >= 0.6 is 0 Å². The summed E-state index contributed by atoms with van der Waals surface area (Å²) in [6.07, 6.45) is 5.87. The van der Waals surface area contributed by atoms with Gasteiger partial charge in [0.2, 0.25) is 0 Å². The average molecular weight is 402 g/mol. The van der Waals surface area contributed by atoms with Gasteiger partial charge in [-0.25, -0.2) is 9.97 Å². The second kappa shape index (κ2) is 9.89. The summed E-state index contributed by atoms with van der Waals surface area (Å²) < 4.78 is 5.84. The first-order valence-corrected chi connectivity index (χ1v) is 10.3. The van der Waals surface area contributed by atoms with Gasteiger partial charge in [-0.3, -0.25) is 4.90 Å². The van der Waals surface area contributed by atoms with E-state index in [2.05, 4.69) is 32.1 Å². The van der Waals surface area contributed by atoms with Crippen molar-refractivity contribution in [2.75, 3.05) is 30.3 Å². The molecule has 6 nitrogen and oxygen atoms in total. The topological polar surface area (TPSA) is 62.3 Å². The number of nitrogens with one attached hydrogen (secondary N) is 2. The van der Waals surface area contributed by atoms with Crippen molar-refractivity contribution in [3.05, 3.63) is 79.6 Å². The summed E-state index contributed by atoms with van der Waals surface area (Å²) in [5.74, 6) is 3.20. The standard InChI is InChI=1S/C24H27N5O/c1-2-14-29-15-6-7-20(17-29)28-24-16-23(25-18-26-24)27-19-10-12-22(13-11-19)30-21-8-4-3-5-9-21/h2-5,8-13,16,18,20H,1,6-7,14-15,17H2,(H2,25,26,27,28). The number of likely N-dealkylation sites (tertiary alicyclic amines) is 1. The first kappa shape index (κ1) is 19.9. The Hall–Kier alpha value is -3.38. The van der Waals surface area contributed by atoms with Gasteiger partial charge in [-0.15, -0.1) is 6.58 Å². The molecule has 2 aromatic carbocycles. The Morgan fingerprint density at radius 3 is 2.60 bits per heavy atom. The molecule has 0 saturated carbocycles. The molecule has 1 unspecified atom stereocenters. The van der Waals surface area contributed by atoms with Crippen LogP contribution in [0.1, 0.15) is 12.8 Å². The number of anilines is 3. The first-order valence-electron chi connectivity index (χ1n) is 10.3. The lowest BCUT2D eigenvalue weighted by Crippen LogP contribution is -2.42. The maximum absolute atomic E-state index is 5.84. The van der Waals surface area contributed by atoms with Crippen molar-refractivity contribution in [2.24, 2.45) is 0 Å². The van der Waals surface area contributed by atoms with Gasteiger partial charge in [-0.2, -0.15) is 0 Å². The highest BCUT2D eigenvalue weighted by Gasteiger charge is 2.19. The van der Waals surface area contributed by atoms with E-state index in [1.807, 2.05) is 66.7 Å². The molecule has 1 aliphatic rings. The molecule has 0 radical (unpaired) electrons. The molecule has 2 N–H and O–H groups in total. The second-order valence-corrected chi connectivity index (χ2v) is 7.38. The fourth-order valence-corrected chi connectivity index (χ4v) is 3.61. The van der Waals surface area contributed by atoms with Crippen molar-refractivity contribution < 1.29 is 4.74 Å². The van der Waals surface area contributed by atoms with Crippen molar-refractivity contribution >= 4 is 17.3 Å². The van der Waals surface area contributed by atoms with Gasteiger partial charge in [0.05, 0.1) is 0 Å². The molecule has 154 valence electrons. The summed E-state index contributed by atoms with van der Waals surface area (Å²) in [6, 6.07) is 19.9. The van der Waals surface area contributed by atoms with Gasteiger partial charge in [-0.05, 0) is 55.8 Å². The van der Waals surface area contributed by atoms with Crippen molar-refractivity contribution in [1.82, 2.24) is 14.9 Å². The highest BCUT2D eigenvalue weighted by molar-refractivity contribution is 5.59. The van der Waals surface area contributed by atoms with Crippen molar-refractivity contribution in [1.29, 1.82) is 0 Å². The zero-order valence-corrected chi connectivity index (χ0v) is 17.0. The summed E-state index contributed by atoms with van der Waals surface area (Å²) >= 11 is 0. The Morgan fingerprint density at radius 2 is 1.80 bits per heavy atom. The molecule has 1 atom stereocenters. The van der Waals surface area contributed by atoms with Crippen LogP contribution in [0.25, 0.3) is 0 Å². The van der Waals surface area contributed by atoms with Gasteiger partial charge in [0.1, 0.15) is 29.5 Å². The summed E-state index contributed by atoms with van der Waals surface area (Å²) in [5, 5.41) is 6.88. The Bertz CT molecular complexity index is 945. The first-order chi connectivity index (χ1) is 14.8. The summed E-state index contributed by atoms with van der Waals surface area (Å²) in [6.45, 7) is 6.90. The Morgan fingerprint density at radius 1 is 1.03 bits per heavy atom. The SMILES string of the molecule is C=CCN1CCCC(Nc2cc(Nc3ccc(Oc4ccccc4)cc3)ncn2)C1. The fraction of sp³-hybridized carbons (Fsp3) is 0.250. The molecule has 1 aliphatic heterocycles. The Kier molecular flexibility index (Phi) is 6.57. The van der Waals surface area contributed by atoms with E-state index < -0.39 is 0 Å². The predicted octanol–water partition coefficient (Wildman–Crippen LogP) is 5.07. The van der Waals surface area contributed by atoms with Crippen LogP contribution in [0.3, 0.4) is 0 Å². The molecular weight excluding hydrogens is 374 g/mol. The van der Waals surface area contributed by atoms with Crippen LogP contribution in [-0.2, 0) is 0 Å². The Balaban J connectivity index is 1.35. The number of aromatic nitrogens is 2. The molecule has 0 amide bonds. The van der Waals surface area contributed by atoms with Crippen LogP contribution in [0.2, 0.25) is 0 Å². The molecule has 4 rings (SSSR count). The van der Waals surface area contributed by atoms with E-state index in [4.69, 9.17) is 4.74 Å². The zero-order chi connectivity index (χ0) is 20.6. The van der Waals surface area contributed by atoms with Crippen LogP contribution in [0, 0.1) is 0 Å². The van der Waals surface area contributed by atoms with Gasteiger partial charge in [0, 0.05) is 30.9 Å². The molecule has 0 aliphatic carbocycles. The number of hydrogen-bond donors (Lipinski definition) is 2. The van der Waals surface area contributed by atoms with Gasteiger partial charge in [0.25, 0.3) is 0 Å². The minimum absolute atomic E-state index is 0.385. The third-order valence-electron chi connectivity index (χ3n) is 5.02. The molecule has 30 heavy (non-hydrogen) atoms. The van der Waals surface area contributed by atoms with E-state index in [-0.39, 0.29) is 0 Å². The third kappa shape index (κ3) is 5.58. The predicted molar refractivity (Wildman–Crippen MR) is 122 cm³/mol. The number of ether oxygens (including phenoxy) is 1. The van der Waals surface area contributed by atoms with E-state index in [9.17, 15) is 0 Å². The number of para-hydroxylation sites is 1. The summed E-state index contributed by atoms with van der Waals surface area (Å²) in [4.78, 5) is 11.1. The van der Waals surface area contributed by atoms with Crippen molar-refractivity contribution in [3.8, 4) is 11.5 Å². The highest BCUT2D eigenvalue weighted by Crippen LogP contribution is 2.24. The van der Waals surface area contributed by atoms with Crippen LogP contribution in [0.5, 0.6) is 11.5 Å². The molecule has 0 spiro atoms. The molecule has 1 saturated heterocycles.